The number of ether oxygens (including phenoxy) is 1. The second kappa shape index (κ2) is 9.56. The Balaban J connectivity index is 1.91. The fourth-order valence-electron chi connectivity index (χ4n) is 2.22. The highest BCUT2D eigenvalue weighted by Crippen LogP contribution is 2.20. The van der Waals surface area contributed by atoms with E-state index in [4.69, 9.17) is 4.74 Å². The lowest BCUT2D eigenvalue weighted by atomic mass is 9.93. The van der Waals surface area contributed by atoms with Gasteiger partial charge in [-0.05, 0) is 41.8 Å². The van der Waals surface area contributed by atoms with Crippen molar-refractivity contribution in [3.63, 3.8) is 0 Å². The Morgan fingerprint density at radius 2 is 1.57 bits per heavy atom. The molecule has 0 atom stereocenters. The largest absolute Gasteiger partial charge is 0.461 e. The Morgan fingerprint density at radius 1 is 0.967 bits per heavy atom. The van der Waals surface area contributed by atoms with Gasteiger partial charge in [-0.15, -0.1) is 20.4 Å². The van der Waals surface area contributed by atoms with Crippen LogP contribution in [-0.2, 0) is 14.3 Å². The van der Waals surface area contributed by atoms with Crippen LogP contribution >= 0.6 is 0 Å². The van der Waals surface area contributed by atoms with Crippen molar-refractivity contribution in [3.8, 4) is 11.4 Å². The van der Waals surface area contributed by atoms with Gasteiger partial charge in [-0.3, -0.25) is 9.59 Å². The van der Waals surface area contributed by atoms with Crippen molar-refractivity contribution in [1.82, 2.24) is 20.4 Å². The lowest BCUT2D eigenvalue weighted by Crippen LogP contribution is -2.27. The smallest absolute Gasteiger partial charge is 0.306 e. The molecule has 0 aliphatic heterocycles. The van der Waals surface area contributed by atoms with Gasteiger partial charge in [-0.2, -0.15) is 0 Å². The van der Waals surface area contributed by atoms with Crippen molar-refractivity contribution >= 4 is 23.6 Å². The zero-order valence-corrected chi connectivity index (χ0v) is 18.4. The van der Waals surface area contributed by atoms with Crippen LogP contribution < -0.4 is 5.32 Å². The number of esters is 1. The zero-order valence-electron chi connectivity index (χ0n) is 18.4. The van der Waals surface area contributed by atoms with Crippen molar-refractivity contribution in [2.45, 2.75) is 48.0 Å². The molecule has 1 N–H and O–H groups in total. The highest BCUT2D eigenvalue weighted by Gasteiger charge is 2.21. The quantitative estimate of drug-likeness (QED) is 0.718. The molecule has 0 bridgehead atoms. The third-order valence-corrected chi connectivity index (χ3v) is 3.86. The molecule has 1 amide bonds. The number of anilines is 1. The average Bonchev–Trinajstić information content (AvgIpc) is 2.64. The van der Waals surface area contributed by atoms with Crippen LogP contribution in [0.25, 0.3) is 17.5 Å². The zero-order chi connectivity index (χ0) is 22.4. The van der Waals surface area contributed by atoms with Crippen molar-refractivity contribution in [3.05, 3.63) is 36.2 Å². The van der Waals surface area contributed by atoms with Gasteiger partial charge >= 0.3 is 5.97 Å². The number of nitrogens with one attached hydrogen (secondary N) is 1. The summed E-state index contributed by atoms with van der Waals surface area (Å²) in [6.07, 6.45) is 3.60. The molecule has 0 spiro atoms. The van der Waals surface area contributed by atoms with Crippen LogP contribution in [0.4, 0.5) is 5.69 Å². The second-order valence-electron chi connectivity index (χ2n) is 9.19. The third kappa shape index (κ3) is 7.69. The first kappa shape index (κ1) is 23.1. The van der Waals surface area contributed by atoms with E-state index in [0.717, 1.165) is 5.56 Å². The summed E-state index contributed by atoms with van der Waals surface area (Å²) in [4.78, 5) is 23.7. The molecule has 30 heavy (non-hydrogen) atoms. The van der Waals surface area contributed by atoms with Gasteiger partial charge in [-0.1, -0.05) is 41.5 Å². The fourth-order valence-corrected chi connectivity index (χ4v) is 2.22. The predicted octanol–water partition coefficient (Wildman–Crippen LogP) is 3.91. The molecule has 1 aromatic carbocycles. The molecule has 0 aliphatic carbocycles. The van der Waals surface area contributed by atoms with Crippen LogP contribution in [0.15, 0.2) is 30.3 Å². The number of amides is 1. The Kier molecular flexibility index (Phi) is 7.37. The molecule has 1 heterocycles. The Hall–Kier alpha value is -3.16. The first-order valence-electron chi connectivity index (χ1n) is 9.75. The average molecular weight is 412 g/mol. The van der Waals surface area contributed by atoms with E-state index in [2.05, 4.69) is 25.7 Å². The molecule has 2 aromatic rings. The summed E-state index contributed by atoms with van der Waals surface area (Å²) in [5.41, 5.74) is 0.851. The summed E-state index contributed by atoms with van der Waals surface area (Å²) >= 11 is 0. The van der Waals surface area contributed by atoms with Gasteiger partial charge in [-0.25, -0.2) is 0 Å². The molecule has 0 saturated carbocycles. The van der Waals surface area contributed by atoms with E-state index in [1.165, 1.54) is 0 Å². The maximum Gasteiger partial charge on any atom is 0.306 e. The number of rotatable bonds is 6. The van der Waals surface area contributed by atoms with E-state index in [0.29, 0.717) is 23.8 Å². The minimum Gasteiger partial charge on any atom is -0.461 e. The van der Waals surface area contributed by atoms with Gasteiger partial charge in [0.2, 0.25) is 11.7 Å². The SMILES string of the molecule is CC(C)(C)CC(=O)OC/C=C\c1nnc(-c2ccc(NC(=O)C(C)(C)C)cc2)nn1. The lowest BCUT2D eigenvalue weighted by Gasteiger charge is -2.17. The van der Waals surface area contributed by atoms with Crippen LogP contribution in [0.1, 0.15) is 53.8 Å². The molecular weight excluding hydrogens is 382 g/mol. The van der Waals surface area contributed by atoms with Crippen LogP contribution in [0, 0.1) is 10.8 Å². The molecular formula is C22H29N5O3. The van der Waals surface area contributed by atoms with Gasteiger partial charge in [0.15, 0.2) is 5.82 Å². The fraction of sp³-hybridized carbons (Fsp3) is 0.455. The van der Waals surface area contributed by atoms with E-state index < -0.39 is 5.41 Å². The molecule has 2 rings (SSSR count). The molecule has 8 nitrogen and oxygen atoms in total. The van der Waals surface area contributed by atoms with E-state index >= 15 is 0 Å². The van der Waals surface area contributed by atoms with Gasteiger partial charge in [0.05, 0.1) is 6.42 Å². The summed E-state index contributed by atoms with van der Waals surface area (Å²) < 4.78 is 5.14. The number of nitrogens with zero attached hydrogens (tertiary/aromatic N) is 4. The van der Waals surface area contributed by atoms with Crippen molar-refractivity contribution in [1.29, 1.82) is 0 Å². The van der Waals surface area contributed by atoms with Crippen molar-refractivity contribution < 1.29 is 14.3 Å². The first-order valence-corrected chi connectivity index (χ1v) is 9.75. The third-order valence-electron chi connectivity index (χ3n) is 3.86. The van der Waals surface area contributed by atoms with Crippen LogP contribution in [0.3, 0.4) is 0 Å². The summed E-state index contributed by atoms with van der Waals surface area (Å²) in [5.74, 6) is 0.383. The minimum absolute atomic E-state index is 0.0601. The maximum atomic E-state index is 12.0. The predicted molar refractivity (Wildman–Crippen MR) is 115 cm³/mol. The van der Waals surface area contributed by atoms with Crippen molar-refractivity contribution in [2.24, 2.45) is 10.8 Å². The summed E-state index contributed by atoms with van der Waals surface area (Å²) in [6.45, 7) is 11.6. The number of benzene rings is 1. The van der Waals surface area contributed by atoms with E-state index in [9.17, 15) is 9.59 Å². The number of hydrogen-bond donors (Lipinski definition) is 1. The highest BCUT2D eigenvalue weighted by atomic mass is 16.5. The summed E-state index contributed by atoms with van der Waals surface area (Å²) in [6, 6.07) is 7.15. The van der Waals surface area contributed by atoms with Gasteiger partial charge in [0, 0.05) is 16.7 Å². The summed E-state index contributed by atoms with van der Waals surface area (Å²) in [7, 11) is 0. The Bertz CT molecular complexity index is 892. The highest BCUT2D eigenvalue weighted by molar-refractivity contribution is 5.94. The van der Waals surface area contributed by atoms with Gasteiger partial charge in [0.25, 0.3) is 0 Å². The molecule has 0 saturated heterocycles. The standard InChI is InChI=1S/C22H29N5O3/c1-21(2,3)14-18(28)30-13-7-8-17-24-26-19(27-25-17)15-9-11-16(12-10-15)23-20(29)22(4,5)6/h7-12H,13-14H2,1-6H3,(H,23,29)/b8-7-. The molecule has 0 radical (unpaired) electrons. The number of hydrogen-bond acceptors (Lipinski definition) is 7. The molecule has 0 fully saturated rings. The van der Waals surface area contributed by atoms with E-state index in [1.54, 1.807) is 36.4 Å². The lowest BCUT2D eigenvalue weighted by molar-refractivity contribution is -0.144. The molecule has 160 valence electrons. The van der Waals surface area contributed by atoms with Crippen LogP contribution in [0.2, 0.25) is 0 Å². The van der Waals surface area contributed by atoms with Gasteiger partial charge < -0.3 is 10.1 Å². The van der Waals surface area contributed by atoms with Crippen LogP contribution in [0.5, 0.6) is 0 Å². The van der Waals surface area contributed by atoms with E-state index in [1.807, 2.05) is 41.5 Å². The van der Waals surface area contributed by atoms with Crippen molar-refractivity contribution in [2.75, 3.05) is 11.9 Å². The maximum absolute atomic E-state index is 12.0. The van der Waals surface area contributed by atoms with Gasteiger partial charge in [0.1, 0.15) is 6.61 Å². The molecule has 8 heteroatoms. The minimum atomic E-state index is -0.468. The molecule has 0 unspecified atom stereocenters. The topological polar surface area (TPSA) is 107 Å². The molecule has 1 aromatic heterocycles. The van der Waals surface area contributed by atoms with E-state index in [-0.39, 0.29) is 23.9 Å². The number of carbonyl (C=O) groups is 2. The van der Waals surface area contributed by atoms with Crippen LogP contribution in [-0.4, -0.2) is 38.9 Å². The summed E-state index contributed by atoms with van der Waals surface area (Å²) in [5, 5.41) is 19.0. The number of carbonyl (C=O) groups excluding carboxylic acids is 2. The number of aromatic nitrogens is 4. The normalized spacial score (nSPS) is 12.1. The molecule has 0 aliphatic rings. The monoisotopic (exact) mass is 411 g/mol. The Labute approximate surface area is 177 Å². The second-order valence-corrected chi connectivity index (χ2v) is 9.19. The Morgan fingerprint density at radius 3 is 2.10 bits per heavy atom. The first-order chi connectivity index (χ1) is 13.9.